The zero-order valence-corrected chi connectivity index (χ0v) is 22.9. The molecule has 0 spiro atoms. The van der Waals surface area contributed by atoms with Gasteiger partial charge in [-0.25, -0.2) is 14.8 Å². The Morgan fingerprint density at radius 1 is 1.11 bits per heavy atom. The van der Waals surface area contributed by atoms with Crippen molar-refractivity contribution in [2.75, 3.05) is 5.32 Å². The number of carboxylic acids is 1. The lowest BCUT2D eigenvalue weighted by molar-refractivity contribution is -0.139. The summed E-state index contributed by atoms with van der Waals surface area (Å²) in [5.41, 5.74) is 4.74. The second-order valence-corrected chi connectivity index (χ2v) is 10.2. The standard InChI is InChI=1S/C28H28ClN5O3S/c1-4-19-14-21(29)12-17(3)25(19)26(35)32-22(28(36)37)13-18-5-7-20(8-6-18)27-33-24(34-38-27)15-31-23-11-16(2)9-10-30-23/h5-12,14,22H,4,13,15H2,1-3H3,(H,30,31)(H,32,35)(H,36,37). The summed E-state index contributed by atoms with van der Waals surface area (Å²) in [6.45, 7) is 6.18. The van der Waals surface area contributed by atoms with E-state index in [1.807, 2.05) is 50.2 Å². The molecule has 196 valence electrons. The van der Waals surface area contributed by atoms with Crippen molar-refractivity contribution in [1.29, 1.82) is 0 Å². The third kappa shape index (κ3) is 6.73. The number of carboxylic acid groups (broad SMARTS) is 1. The van der Waals surface area contributed by atoms with Crippen LogP contribution >= 0.6 is 23.1 Å². The lowest BCUT2D eigenvalue weighted by atomic mass is 9.98. The van der Waals surface area contributed by atoms with E-state index in [1.165, 1.54) is 11.5 Å². The molecule has 3 N–H and O–H groups in total. The van der Waals surface area contributed by atoms with E-state index in [4.69, 9.17) is 11.6 Å². The van der Waals surface area contributed by atoms with E-state index >= 15 is 0 Å². The second-order valence-electron chi connectivity index (χ2n) is 8.96. The van der Waals surface area contributed by atoms with Crippen LogP contribution in [0.2, 0.25) is 5.02 Å². The number of halogens is 1. The molecule has 10 heteroatoms. The highest BCUT2D eigenvalue weighted by atomic mass is 35.5. The molecule has 1 amide bonds. The van der Waals surface area contributed by atoms with Crippen LogP contribution in [0.25, 0.3) is 10.6 Å². The number of aliphatic carboxylic acids is 1. The molecule has 38 heavy (non-hydrogen) atoms. The van der Waals surface area contributed by atoms with Gasteiger partial charge in [0.05, 0.1) is 6.54 Å². The molecule has 0 aliphatic carbocycles. The normalized spacial score (nSPS) is 11.7. The molecular weight excluding hydrogens is 522 g/mol. The van der Waals surface area contributed by atoms with E-state index in [2.05, 4.69) is 25.0 Å². The highest BCUT2D eigenvalue weighted by Gasteiger charge is 2.24. The average molecular weight is 550 g/mol. The Hall–Kier alpha value is -3.82. The summed E-state index contributed by atoms with van der Waals surface area (Å²) in [4.78, 5) is 33.9. The first-order chi connectivity index (χ1) is 18.2. The monoisotopic (exact) mass is 549 g/mol. The largest absolute Gasteiger partial charge is 0.480 e. The van der Waals surface area contributed by atoms with Crippen molar-refractivity contribution < 1.29 is 14.7 Å². The van der Waals surface area contributed by atoms with E-state index < -0.39 is 17.9 Å². The van der Waals surface area contributed by atoms with Crippen LogP contribution < -0.4 is 10.6 Å². The van der Waals surface area contributed by atoms with Crippen molar-refractivity contribution in [1.82, 2.24) is 19.7 Å². The summed E-state index contributed by atoms with van der Waals surface area (Å²) in [6.07, 6.45) is 2.50. The number of benzene rings is 2. The van der Waals surface area contributed by atoms with Gasteiger partial charge in [-0.3, -0.25) is 4.79 Å². The Labute approximate surface area is 230 Å². The number of hydrogen-bond donors (Lipinski definition) is 3. The van der Waals surface area contributed by atoms with Crippen molar-refractivity contribution in [2.24, 2.45) is 0 Å². The Kier molecular flexibility index (Phi) is 8.70. The summed E-state index contributed by atoms with van der Waals surface area (Å²) in [5, 5.41) is 17.0. The number of nitrogens with one attached hydrogen (secondary N) is 2. The molecule has 0 saturated carbocycles. The van der Waals surface area contributed by atoms with Gasteiger partial charge in [0.25, 0.3) is 5.91 Å². The predicted molar refractivity (Wildman–Crippen MR) is 150 cm³/mol. The van der Waals surface area contributed by atoms with Crippen LogP contribution in [0.3, 0.4) is 0 Å². The summed E-state index contributed by atoms with van der Waals surface area (Å²) in [6, 6.07) is 13.7. The maximum atomic E-state index is 13.0. The fourth-order valence-electron chi connectivity index (χ4n) is 4.11. The summed E-state index contributed by atoms with van der Waals surface area (Å²) in [5.74, 6) is -0.0924. The van der Waals surface area contributed by atoms with Gasteiger partial charge < -0.3 is 15.7 Å². The number of aryl methyl sites for hydroxylation is 3. The van der Waals surface area contributed by atoms with E-state index in [0.29, 0.717) is 34.9 Å². The molecule has 0 aliphatic heterocycles. The maximum Gasteiger partial charge on any atom is 0.326 e. The Balaban J connectivity index is 1.41. The summed E-state index contributed by atoms with van der Waals surface area (Å²) < 4.78 is 4.42. The molecule has 4 rings (SSSR count). The second kappa shape index (κ2) is 12.1. The zero-order chi connectivity index (χ0) is 27.2. The number of amides is 1. The van der Waals surface area contributed by atoms with Crippen LogP contribution in [-0.4, -0.2) is 37.4 Å². The van der Waals surface area contributed by atoms with Gasteiger partial charge in [-0.2, -0.15) is 4.37 Å². The first kappa shape index (κ1) is 27.2. The molecule has 0 radical (unpaired) electrons. The van der Waals surface area contributed by atoms with E-state index in [-0.39, 0.29) is 6.42 Å². The molecule has 2 aromatic heterocycles. The minimum absolute atomic E-state index is 0.143. The molecule has 2 heterocycles. The third-order valence-corrected chi connectivity index (χ3v) is 7.07. The van der Waals surface area contributed by atoms with E-state index in [0.717, 1.165) is 33.1 Å². The minimum atomic E-state index is -1.10. The lowest BCUT2D eigenvalue weighted by Gasteiger charge is -2.18. The molecule has 4 aromatic rings. The predicted octanol–water partition coefficient (Wildman–Crippen LogP) is 5.47. The van der Waals surface area contributed by atoms with Gasteiger partial charge in [-0.15, -0.1) is 0 Å². The van der Waals surface area contributed by atoms with Crippen molar-refractivity contribution in [3.8, 4) is 10.6 Å². The van der Waals surface area contributed by atoms with Crippen molar-refractivity contribution >= 4 is 40.8 Å². The molecule has 0 fully saturated rings. The summed E-state index contributed by atoms with van der Waals surface area (Å²) >= 11 is 7.43. The number of nitrogens with zero attached hydrogens (tertiary/aromatic N) is 3. The highest BCUT2D eigenvalue weighted by Crippen LogP contribution is 2.24. The number of aromatic nitrogens is 3. The Bertz CT molecular complexity index is 1460. The number of anilines is 1. The third-order valence-electron chi connectivity index (χ3n) is 6.05. The lowest BCUT2D eigenvalue weighted by Crippen LogP contribution is -2.42. The van der Waals surface area contributed by atoms with E-state index in [1.54, 1.807) is 25.3 Å². The topological polar surface area (TPSA) is 117 Å². The molecule has 1 unspecified atom stereocenters. The smallest absolute Gasteiger partial charge is 0.326 e. The number of pyridine rings is 1. The molecule has 1 atom stereocenters. The SMILES string of the molecule is CCc1cc(Cl)cc(C)c1C(=O)NC(Cc1ccc(-c2nc(CNc3cc(C)ccn3)ns2)cc1)C(=O)O. The minimum Gasteiger partial charge on any atom is -0.480 e. The first-order valence-electron chi connectivity index (χ1n) is 12.1. The van der Waals surface area contributed by atoms with Gasteiger partial charge in [0.1, 0.15) is 16.9 Å². The van der Waals surface area contributed by atoms with Crippen LogP contribution in [0.4, 0.5) is 5.82 Å². The summed E-state index contributed by atoms with van der Waals surface area (Å²) in [7, 11) is 0. The van der Waals surface area contributed by atoms with Crippen LogP contribution in [0.5, 0.6) is 0 Å². The quantitative estimate of drug-likeness (QED) is 0.240. The molecule has 0 bridgehead atoms. The van der Waals surface area contributed by atoms with Crippen LogP contribution in [-0.2, 0) is 24.2 Å². The average Bonchev–Trinajstić information content (AvgIpc) is 3.36. The number of carbonyl (C=O) groups is 2. The molecule has 8 nitrogen and oxygen atoms in total. The zero-order valence-electron chi connectivity index (χ0n) is 21.3. The van der Waals surface area contributed by atoms with Crippen molar-refractivity contribution in [3.05, 3.63) is 93.4 Å². The fourth-order valence-corrected chi connectivity index (χ4v) is 5.09. The Morgan fingerprint density at radius 2 is 1.87 bits per heavy atom. The van der Waals surface area contributed by atoms with Gasteiger partial charge in [0.2, 0.25) is 0 Å². The highest BCUT2D eigenvalue weighted by molar-refractivity contribution is 7.09. The van der Waals surface area contributed by atoms with Crippen LogP contribution in [0, 0.1) is 13.8 Å². The molecule has 0 saturated heterocycles. The van der Waals surface area contributed by atoms with Gasteiger partial charge in [0, 0.05) is 28.8 Å². The Morgan fingerprint density at radius 3 is 2.55 bits per heavy atom. The van der Waals surface area contributed by atoms with Gasteiger partial charge in [-0.05, 0) is 78.3 Å². The molecular formula is C28H28ClN5O3S. The van der Waals surface area contributed by atoms with Gasteiger partial charge in [0.15, 0.2) is 5.82 Å². The van der Waals surface area contributed by atoms with Gasteiger partial charge >= 0.3 is 5.97 Å². The van der Waals surface area contributed by atoms with Crippen molar-refractivity contribution in [2.45, 2.75) is 46.2 Å². The molecule has 0 aliphatic rings. The van der Waals surface area contributed by atoms with Crippen molar-refractivity contribution in [3.63, 3.8) is 0 Å². The van der Waals surface area contributed by atoms with Crippen LogP contribution in [0.15, 0.2) is 54.7 Å². The first-order valence-corrected chi connectivity index (χ1v) is 13.3. The number of carbonyl (C=O) groups excluding carboxylic acids is 1. The maximum absolute atomic E-state index is 13.0. The van der Waals surface area contributed by atoms with Crippen LogP contribution in [0.1, 0.15) is 45.4 Å². The fraction of sp³-hybridized carbons (Fsp3) is 0.250. The number of rotatable bonds is 10. The molecule has 2 aromatic carbocycles. The number of hydrogen-bond acceptors (Lipinski definition) is 7. The van der Waals surface area contributed by atoms with Gasteiger partial charge in [-0.1, -0.05) is 42.8 Å². The van der Waals surface area contributed by atoms with E-state index in [9.17, 15) is 14.7 Å².